The predicted octanol–water partition coefficient (Wildman–Crippen LogP) is 1.81. The summed E-state index contributed by atoms with van der Waals surface area (Å²) in [5, 5.41) is 3.69. The number of rotatable bonds is 5. The molecule has 2 atom stereocenters. The first-order valence-electron chi connectivity index (χ1n) is 8.68. The van der Waals surface area contributed by atoms with Gasteiger partial charge in [-0.05, 0) is 40.8 Å². The molecule has 2 heterocycles. The standard InChI is InChI=1S/C17H35N3O/c1-7-18-15-14(16(3,4)21-17(15,5)6)13-20-11-9-19(8-2)10-12-20/h14-15,18H,7-13H2,1-6H3. The van der Waals surface area contributed by atoms with Crippen LogP contribution in [0.3, 0.4) is 0 Å². The van der Waals surface area contributed by atoms with Crippen LogP contribution < -0.4 is 5.32 Å². The van der Waals surface area contributed by atoms with Gasteiger partial charge in [0.05, 0.1) is 11.2 Å². The van der Waals surface area contributed by atoms with Gasteiger partial charge < -0.3 is 19.9 Å². The number of hydrogen-bond donors (Lipinski definition) is 1. The summed E-state index contributed by atoms with van der Waals surface area (Å²) in [6.07, 6.45) is 0. The van der Waals surface area contributed by atoms with E-state index in [1.165, 1.54) is 32.7 Å². The third-order valence-corrected chi connectivity index (χ3v) is 5.36. The SMILES string of the molecule is CCNC1C(CN2CCN(CC)CC2)C(C)(C)OC1(C)C. The van der Waals surface area contributed by atoms with E-state index in [1.54, 1.807) is 0 Å². The van der Waals surface area contributed by atoms with Gasteiger partial charge in [-0.3, -0.25) is 0 Å². The molecule has 0 aliphatic carbocycles. The van der Waals surface area contributed by atoms with Crippen molar-refractivity contribution in [2.45, 2.75) is 58.8 Å². The van der Waals surface area contributed by atoms with Gasteiger partial charge in [0.25, 0.3) is 0 Å². The van der Waals surface area contributed by atoms with Gasteiger partial charge in [-0.2, -0.15) is 0 Å². The Bertz CT molecular complexity index is 335. The molecule has 124 valence electrons. The highest BCUT2D eigenvalue weighted by atomic mass is 16.5. The van der Waals surface area contributed by atoms with E-state index in [-0.39, 0.29) is 11.2 Å². The minimum Gasteiger partial charge on any atom is -0.368 e. The molecule has 2 aliphatic rings. The monoisotopic (exact) mass is 297 g/mol. The molecule has 0 aromatic carbocycles. The molecule has 0 amide bonds. The Morgan fingerprint density at radius 1 is 0.952 bits per heavy atom. The molecule has 0 spiro atoms. The highest BCUT2D eigenvalue weighted by molar-refractivity contribution is 5.06. The first kappa shape index (κ1) is 17.2. The normalized spacial score (nSPS) is 33.4. The lowest BCUT2D eigenvalue weighted by molar-refractivity contribution is -0.0801. The Kier molecular flexibility index (Phi) is 5.35. The summed E-state index contributed by atoms with van der Waals surface area (Å²) in [6, 6.07) is 0.432. The van der Waals surface area contributed by atoms with Crippen molar-refractivity contribution in [2.24, 2.45) is 5.92 Å². The van der Waals surface area contributed by atoms with Crippen molar-refractivity contribution in [3.63, 3.8) is 0 Å². The second-order valence-electron chi connectivity index (χ2n) is 7.69. The minimum atomic E-state index is -0.0879. The van der Waals surface area contributed by atoms with Crippen molar-refractivity contribution in [3.05, 3.63) is 0 Å². The van der Waals surface area contributed by atoms with Crippen LogP contribution in [-0.4, -0.2) is 72.9 Å². The van der Waals surface area contributed by atoms with Gasteiger partial charge in [0, 0.05) is 44.7 Å². The Morgan fingerprint density at radius 3 is 2.05 bits per heavy atom. The molecule has 2 fully saturated rings. The van der Waals surface area contributed by atoms with Crippen LogP contribution in [0.25, 0.3) is 0 Å². The van der Waals surface area contributed by atoms with E-state index >= 15 is 0 Å². The lowest BCUT2D eigenvalue weighted by Crippen LogP contribution is -2.54. The summed E-state index contributed by atoms with van der Waals surface area (Å²) < 4.78 is 6.40. The van der Waals surface area contributed by atoms with E-state index in [4.69, 9.17) is 4.74 Å². The molecule has 21 heavy (non-hydrogen) atoms. The summed E-state index contributed by atoms with van der Waals surface area (Å²) in [5.41, 5.74) is -0.145. The van der Waals surface area contributed by atoms with Gasteiger partial charge in [0.2, 0.25) is 0 Å². The van der Waals surface area contributed by atoms with Crippen molar-refractivity contribution in [1.82, 2.24) is 15.1 Å². The van der Waals surface area contributed by atoms with Gasteiger partial charge in [-0.1, -0.05) is 13.8 Å². The van der Waals surface area contributed by atoms with E-state index in [9.17, 15) is 0 Å². The number of ether oxygens (including phenoxy) is 1. The van der Waals surface area contributed by atoms with E-state index in [1.807, 2.05) is 0 Å². The first-order chi connectivity index (χ1) is 9.80. The Balaban J connectivity index is 2.02. The summed E-state index contributed by atoms with van der Waals surface area (Å²) in [7, 11) is 0. The number of likely N-dealkylation sites (N-methyl/N-ethyl adjacent to an activating group) is 2. The zero-order chi connectivity index (χ0) is 15.7. The average Bonchev–Trinajstić information content (AvgIpc) is 2.58. The van der Waals surface area contributed by atoms with Crippen molar-refractivity contribution in [1.29, 1.82) is 0 Å². The van der Waals surface area contributed by atoms with E-state index in [0.29, 0.717) is 12.0 Å². The lowest BCUT2D eigenvalue weighted by Gasteiger charge is -2.39. The Hall–Kier alpha value is -0.160. The molecule has 4 heteroatoms. The van der Waals surface area contributed by atoms with E-state index < -0.39 is 0 Å². The molecule has 0 saturated carbocycles. The average molecular weight is 297 g/mol. The summed E-state index contributed by atoms with van der Waals surface area (Å²) in [6.45, 7) is 21.6. The molecule has 2 unspecified atom stereocenters. The number of nitrogens with one attached hydrogen (secondary N) is 1. The molecule has 0 aromatic rings. The highest BCUT2D eigenvalue weighted by Gasteiger charge is 2.53. The fourth-order valence-corrected chi connectivity index (χ4v) is 4.20. The van der Waals surface area contributed by atoms with Gasteiger partial charge in [0.1, 0.15) is 0 Å². The minimum absolute atomic E-state index is 0.0573. The second-order valence-corrected chi connectivity index (χ2v) is 7.69. The van der Waals surface area contributed by atoms with Gasteiger partial charge in [-0.25, -0.2) is 0 Å². The van der Waals surface area contributed by atoms with Crippen LogP contribution in [-0.2, 0) is 4.74 Å². The molecular weight excluding hydrogens is 262 g/mol. The van der Waals surface area contributed by atoms with Crippen LogP contribution >= 0.6 is 0 Å². The van der Waals surface area contributed by atoms with Gasteiger partial charge in [-0.15, -0.1) is 0 Å². The molecular formula is C17H35N3O. The number of hydrogen-bond acceptors (Lipinski definition) is 4. The van der Waals surface area contributed by atoms with Crippen molar-refractivity contribution >= 4 is 0 Å². The fraction of sp³-hybridized carbons (Fsp3) is 1.00. The molecule has 4 nitrogen and oxygen atoms in total. The first-order valence-corrected chi connectivity index (χ1v) is 8.68. The van der Waals surface area contributed by atoms with Crippen LogP contribution in [0.1, 0.15) is 41.5 Å². The zero-order valence-electron chi connectivity index (χ0n) is 14.9. The molecule has 1 N–H and O–H groups in total. The summed E-state index contributed by atoms with van der Waals surface area (Å²) in [5.74, 6) is 0.542. The van der Waals surface area contributed by atoms with Crippen LogP contribution in [0.2, 0.25) is 0 Å². The predicted molar refractivity (Wildman–Crippen MR) is 88.8 cm³/mol. The van der Waals surface area contributed by atoms with Crippen LogP contribution in [0, 0.1) is 5.92 Å². The number of piperazine rings is 1. The Morgan fingerprint density at radius 2 is 1.52 bits per heavy atom. The maximum atomic E-state index is 6.40. The topological polar surface area (TPSA) is 27.7 Å². The molecule has 0 bridgehead atoms. The van der Waals surface area contributed by atoms with Gasteiger partial charge >= 0.3 is 0 Å². The number of nitrogens with zero attached hydrogens (tertiary/aromatic N) is 2. The van der Waals surface area contributed by atoms with Gasteiger partial charge in [0.15, 0.2) is 0 Å². The van der Waals surface area contributed by atoms with E-state index in [0.717, 1.165) is 13.1 Å². The highest BCUT2D eigenvalue weighted by Crippen LogP contribution is 2.42. The summed E-state index contributed by atoms with van der Waals surface area (Å²) >= 11 is 0. The molecule has 2 saturated heterocycles. The van der Waals surface area contributed by atoms with Crippen LogP contribution in [0.5, 0.6) is 0 Å². The van der Waals surface area contributed by atoms with Crippen LogP contribution in [0.15, 0.2) is 0 Å². The van der Waals surface area contributed by atoms with Crippen molar-refractivity contribution in [2.75, 3.05) is 45.8 Å². The Labute approximate surface area is 131 Å². The molecule has 2 rings (SSSR count). The smallest absolute Gasteiger partial charge is 0.0790 e. The quantitative estimate of drug-likeness (QED) is 0.837. The van der Waals surface area contributed by atoms with Crippen molar-refractivity contribution in [3.8, 4) is 0 Å². The maximum absolute atomic E-state index is 6.40. The van der Waals surface area contributed by atoms with Crippen molar-refractivity contribution < 1.29 is 4.74 Å². The second kappa shape index (κ2) is 6.53. The third-order valence-electron chi connectivity index (χ3n) is 5.36. The molecule has 0 radical (unpaired) electrons. The molecule has 0 aromatic heterocycles. The van der Waals surface area contributed by atoms with Crippen LogP contribution in [0.4, 0.5) is 0 Å². The van der Waals surface area contributed by atoms with E-state index in [2.05, 4.69) is 56.7 Å². The maximum Gasteiger partial charge on any atom is 0.0790 e. The summed E-state index contributed by atoms with van der Waals surface area (Å²) in [4.78, 5) is 5.17. The third kappa shape index (κ3) is 3.79. The largest absolute Gasteiger partial charge is 0.368 e. The fourth-order valence-electron chi connectivity index (χ4n) is 4.20. The molecule has 2 aliphatic heterocycles. The zero-order valence-corrected chi connectivity index (χ0v) is 14.9. The lowest BCUT2D eigenvalue weighted by atomic mass is 9.82.